The number of nitrogens with one attached hydrogen (secondary N) is 1. The molecule has 1 N–H and O–H groups in total. The number of carbonyl (C=O) groups is 1. The summed E-state index contributed by atoms with van der Waals surface area (Å²) in [5, 5.41) is 1.97. The number of pyridine rings is 1. The molecule has 0 aliphatic rings. The van der Waals surface area contributed by atoms with Crippen molar-refractivity contribution in [2.24, 2.45) is 0 Å². The number of rotatable bonds is 3. The van der Waals surface area contributed by atoms with E-state index in [0.29, 0.717) is 5.69 Å². The van der Waals surface area contributed by atoms with Gasteiger partial charge in [0, 0.05) is 21.9 Å². The number of esters is 1. The van der Waals surface area contributed by atoms with Gasteiger partial charge < -0.3 is 14.5 Å². The quantitative estimate of drug-likeness (QED) is 0.572. The predicted octanol–water partition coefficient (Wildman–Crippen LogP) is 4.18. The number of benzene rings is 2. The lowest BCUT2D eigenvalue weighted by atomic mass is 10.1. The van der Waals surface area contributed by atoms with Crippen LogP contribution in [0, 0.1) is 0 Å². The van der Waals surface area contributed by atoms with Crippen LogP contribution in [0.1, 0.15) is 10.5 Å². The highest BCUT2D eigenvalue weighted by atomic mass is 16.5. The molecule has 4 aromatic rings. The molecule has 2 heterocycles. The second-order valence-corrected chi connectivity index (χ2v) is 5.67. The Hall–Kier alpha value is -3.34. The summed E-state index contributed by atoms with van der Waals surface area (Å²) in [7, 11) is 2.98. The van der Waals surface area contributed by atoms with Crippen molar-refractivity contribution < 1.29 is 14.3 Å². The Balaban J connectivity index is 2.08. The summed E-state index contributed by atoms with van der Waals surface area (Å²) in [6.07, 6.45) is 0. The molecule has 0 saturated heterocycles. The first kappa shape index (κ1) is 15.2. The zero-order valence-electron chi connectivity index (χ0n) is 13.9. The minimum absolute atomic E-state index is 0.276. The number of para-hydroxylation sites is 1. The lowest BCUT2D eigenvalue weighted by molar-refractivity contribution is 0.0594. The summed E-state index contributed by atoms with van der Waals surface area (Å²) in [4.78, 5) is 20.1. The van der Waals surface area contributed by atoms with E-state index in [2.05, 4.69) is 9.97 Å². The third-order valence-electron chi connectivity index (χ3n) is 4.23. The molecular formula is C20H16N2O3. The van der Waals surface area contributed by atoms with Crippen LogP contribution in [-0.2, 0) is 4.74 Å². The minimum atomic E-state index is -0.462. The van der Waals surface area contributed by atoms with Crippen molar-refractivity contribution in [3.05, 3.63) is 60.3 Å². The third kappa shape index (κ3) is 2.50. The van der Waals surface area contributed by atoms with Gasteiger partial charge in [-0.15, -0.1) is 0 Å². The van der Waals surface area contributed by atoms with Crippen molar-refractivity contribution in [2.75, 3.05) is 14.2 Å². The second kappa shape index (κ2) is 5.94. The zero-order chi connectivity index (χ0) is 17.4. The fourth-order valence-electron chi connectivity index (χ4n) is 3.03. The maximum atomic E-state index is 12.1. The van der Waals surface area contributed by atoms with Gasteiger partial charge >= 0.3 is 5.97 Å². The van der Waals surface area contributed by atoms with E-state index >= 15 is 0 Å². The molecule has 0 atom stereocenters. The summed E-state index contributed by atoms with van der Waals surface area (Å²) in [6.45, 7) is 0. The summed E-state index contributed by atoms with van der Waals surface area (Å²) in [6, 6.07) is 17.3. The van der Waals surface area contributed by atoms with Crippen molar-refractivity contribution in [3.8, 4) is 17.0 Å². The van der Waals surface area contributed by atoms with Gasteiger partial charge in [-0.05, 0) is 24.3 Å². The van der Waals surface area contributed by atoms with Gasteiger partial charge in [0.2, 0.25) is 0 Å². The highest BCUT2D eigenvalue weighted by Gasteiger charge is 2.17. The van der Waals surface area contributed by atoms with E-state index < -0.39 is 5.97 Å². The number of fused-ring (bicyclic) bond motifs is 3. The number of aromatic nitrogens is 2. The van der Waals surface area contributed by atoms with Gasteiger partial charge in [-0.3, -0.25) is 0 Å². The Bertz CT molecular complexity index is 1100. The molecular weight excluding hydrogens is 316 g/mol. The van der Waals surface area contributed by atoms with Gasteiger partial charge in [-0.1, -0.05) is 30.3 Å². The Labute approximate surface area is 144 Å². The molecule has 5 nitrogen and oxygen atoms in total. The van der Waals surface area contributed by atoms with Crippen LogP contribution in [-0.4, -0.2) is 30.2 Å². The monoisotopic (exact) mass is 332 g/mol. The van der Waals surface area contributed by atoms with Crippen molar-refractivity contribution in [2.45, 2.75) is 0 Å². The lowest BCUT2D eigenvalue weighted by Crippen LogP contribution is -2.05. The molecule has 0 aliphatic heterocycles. The van der Waals surface area contributed by atoms with Crippen LogP contribution in [0.15, 0.2) is 54.6 Å². The first-order chi connectivity index (χ1) is 12.2. The molecule has 25 heavy (non-hydrogen) atoms. The topological polar surface area (TPSA) is 64.2 Å². The molecule has 0 unspecified atom stereocenters. The van der Waals surface area contributed by atoms with Crippen LogP contribution in [0.5, 0.6) is 5.75 Å². The Morgan fingerprint density at radius 3 is 2.64 bits per heavy atom. The van der Waals surface area contributed by atoms with Crippen molar-refractivity contribution >= 4 is 27.8 Å². The van der Waals surface area contributed by atoms with Crippen LogP contribution in [0.25, 0.3) is 33.1 Å². The van der Waals surface area contributed by atoms with E-state index in [-0.39, 0.29) is 5.69 Å². The van der Waals surface area contributed by atoms with Gasteiger partial charge in [0.15, 0.2) is 0 Å². The van der Waals surface area contributed by atoms with E-state index in [1.54, 1.807) is 13.2 Å². The normalized spacial score (nSPS) is 11.0. The first-order valence-electron chi connectivity index (χ1n) is 7.85. The molecule has 2 aromatic heterocycles. The molecule has 0 saturated carbocycles. The molecule has 0 bridgehead atoms. The zero-order valence-corrected chi connectivity index (χ0v) is 13.9. The van der Waals surface area contributed by atoms with Gasteiger partial charge in [0.25, 0.3) is 0 Å². The summed E-state index contributed by atoms with van der Waals surface area (Å²) in [5.41, 5.74) is 3.69. The lowest BCUT2D eigenvalue weighted by Gasteiger charge is -2.08. The van der Waals surface area contributed by atoms with Crippen LogP contribution < -0.4 is 4.74 Å². The number of aromatic amines is 1. The molecule has 0 fully saturated rings. The maximum Gasteiger partial charge on any atom is 0.356 e. The smallest absolute Gasteiger partial charge is 0.356 e. The average molecular weight is 332 g/mol. The van der Waals surface area contributed by atoms with Crippen LogP contribution in [0.4, 0.5) is 0 Å². The molecule has 0 spiro atoms. The average Bonchev–Trinajstić information content (AvgIpc) is 3.05. The Morgan fingerprint density at radius 1 is 1.00 bits per heavy atom. The molecule has 5 heteroatoms. The van der Waals surface area contributed by atoms with E-state index in [9.17, 15) is 4.79 Å². The number of methoxy groups -OCH3 is 2. The van der Waals surface area contributed by atoms with Crippen LogP contribution in [0.2, 0.25) is 0 Å². The summed E-state index contributed by atoms with van der Waals surface area (Å²) >= 11 is 0. The van der Waals surface area contributed by atoms with Crippen LogP contribution in [0.3, 0.4) is 0 Å². The van der Waals surface area contributed by atoms with Crippen molar-refractivity contribution in [3.63, 3.8) is 0 Å². The standard InChI is InChI=1S/C20H16N2O3/c1-24-13-7-5-6-12(10-13)18-19-15(11-17(22-18)20(23)25-2)14-8-3-4-9-16(14)21-19/h3-11,21H,1-2H3. The largest absolute Gasteiger partial charge is 0.497 e. The number of hydrogen-bond acceptors (Lipinski definition) is 4. The fraction of sp³-hybridized carbons (Fsp3) is 0.100. The first-order valence-corrected chi connectivity index (χ1v) is 7.85. The molecule has 2 aromatic carbocycles. The highest BCUT2D eigenvalue weighted by Crippen LogP contribution is 2.33. The van der Waals surface area contributed by atoms with E-state index in [0.717, 1.165) is 33.1 Å². The van der Waals surface area contributed by atoms with E-state index in [1.165, 1.54) is 7.11 Å². The Kier molecular flexibility index (Phi) is 3.61. The number of ether oxygens (including phenoxy) is 2. The van der Waals surface area contributed by atoms with E-state index in [1.807, 2.05) is 48.5 Å². The van der Waals surface area contributed by atoms with Crippen LogP contribution >= 0.6 is 0 Å². The number of nitrogens with zero attached hydrogens (tertiary/aromatic N) is 1. The van der Waals surface area contributed by atoms with Gasteiger partial charge in [-0.2, -0.15) is 0 Å². The van der Waals surface area contributed by atoms with E-state index in [4.69, 9.17) is 9.47 Å². The van der Waals surface area contributed by atoms with Crippen molar-refractivity contribution in [1.82, 2.24) is 9.97 Å². The highest BCUT2D eigenvalue weighted by molar-refractivity contribution is 6.12. The Morgan fingerprint density at radius 2 is 1.84 bits per heavy atom. The molecule has 124 valence electrons. The number of carbonyl (C=O) groups excluding carboxylic acids is 1. The minimum Gasteiger partial charge on any atom is -0.497 e. The molecule has 0 amide bonds. The summed E-state index contributed by atoms with van der Waals surface area (Å²) < 4.78 is 10.2. The summed E-state index contributed by atoms with van der Waals surface area (Å²) in [5.74, 6) is 0.267. The predicted molar refractivity (Wildman–Crippen MR) is 96.9 cm³/mol. The van der Waals surface area contributed by atoms with Gasteiger partial charge in [0.05, 0.1) is 25.4 Å². The fourth-order valence-corrected chi connectivity index (χ4v) is 3.03. The third-order valence-corrected chi connectivity index (χ3v) is 4.23. The molecule has 0 radical (unpaired) electrons. The second-order valence-electron chi connectivity index (χ2n) is 5.67. The van der Waals surface area contributed by atoms with Gasteiger partial charge in [0.1, 0.15) is 11.4 Å². The van der Waals surface area contributed by atoms with Crippen molar-refractivity contribution in [1.29, 1.82) is 0 Å². The number of hydrogen-bond donors (Lipinski definition) is 1. The number of H-pyrrole nitrogens is 1. The van der Waals surface area contributed by atoms with Gasteiger partial charge in [-0.25, -0.2) is 9.78 Å². The SMILES string of the molecule is COC(=O)c1cc2c([nH]c3ccccc32)c(-c2cccc(OC)c2)n1. The molecule has 0 aliphatic carbocycles. The molecule has 4 rings (SSSR count). The maximum absolute atomic E-state index is 12.1.